The molecule has 2 heterocycles. The number of likely N-dealkylation sites (N-methyl/N-ethyl adjacent to an activating group) is 1. The van der Waals surface area contributed by atoms with Crippen LogP contribution in [0.15, 0.2) is 18.5 Å². The first-order chi connectivity index (χ1) is 8.19. The maximum absolute atomic E-state index is 6.01. The highest BCUT2D eigenvalue weighted by atomic mass is 16.5. The second-order valence-electron chi connectivity index (χ2n) is 4.91. The monoisotopic (exact) mass is 237 g/mol. The molecule has 0 aromatic carbocycles. The lowest BCUT2D eigenvalue weighted by Gasteiger charge is -2.30. The fourth-order valence-electron chi connectivity index (χ4n) is 2.24. The van der Waals surface area contributed by atoms with Gasteiger partial charge in [0.05, 0.1) is 12.7 Å². The first kappa shape index (κ1) is 12.6. The minimum atomic E-state index is 0.159. The first-order valence-corrected chi connectivity index (χ1v) is 6.40. The molecule has 1 aromatic heterocycles. The van der Waals surface area contributed by atoms with Crippen LogP contribution in [0.2, 0.25) is 0 Å². The van der Waals surface area contributed by atoms with Crippen molar-refractivity contribution in [3.05, 3.63) is 24.0 Å². The van der Waals surface area contributed by atoms with Gasteiger partial charge >= 0.3 is 0 Å². The van der Waals surface area contributed by atoms with Gasteiger partial charge in [0.15, 0.2) is 0 Å². The molecule has 1 aliphatic rings. The van der Waals surface area contributed by atoms with E-state index in [0.29, 0.717) is 6.10 Å². The molecule has 0 amide bonds. The summed E-state index contributed by atoms with van der Waals surface area (Å²) in [5.41, 5.74) is 7.23. The molecule has 0 spiro atoms. The third-order valence-corrected chi connectivity index (χ3v) is 3.40. The van der Waals surface area contributed by atoms with E-state index >= 15 is 0 Å². The normalized spacial score (nSPS) is 23.8. The summed E-state index contributed by atoms with van der Waals surface area (Å²) in [5.74, 6) is 0. The smallest absolute Gasteiger partial charge is 0.0880 e. The third kappa shape index (κ3) is 3.31. The van der Waals surface area contributed by atoms with E-state index in [-0.39, 0.29) is 6.04 Å². The van der Waals surface area contributed by atoms with E-state index in [4.69, 9.17) is 10.5 Å². The van der Waals surface area contributed by atoms with Crippen LogP contribution in [0.1, 0.15) is 24.9 Å². The average Bonchev–Trinajstić information content (AvgIpc) is 2.76. The Balaban J connectivity index is 1.92. The molecule has 1 fully saturated rings. The van der Waals surface area contributed by atoms with E-state index in [2.05, 4.69) is 41.9 Å². The molecule has 0 bridgehead atoms. The van der Waals surface area contributed by atoms with Crippen molar-refractivity contribution in [1.29, 1.82) is 0 Å². The molecule has 17 heavy (non-hydrogen) atoms. The Morgan fingerprint density at radius 3 is 3.12 bits per heavy atom. The van der Waals surface area contributed by atoms with Crippen LogP contribution in [0.25, 0.3) is 0 Å². The number of nitrogens with zero attached hydrogens (tertiary/aromatic N) is 2. The van der Waals surface area contributed by atoms with E-state index in [1.807, 2.05) is 0 Å². The first-order valence-electron chi connectivity index (χ1n) is 6.40. The van der Waals surface area contributed by atoms with E-state index in [9.17, 15) is 0 Å². The van der Waals surface area contributed by atoms with E-state index < -0.39 is 0 Å². The highest BCUT2D eigenvalue weighted by Gasteiger charge is 2.18. The van der Waals surface area contributed by atoms with Crippen molar-refractivity contribution in [3.63, 3.8) is 0 Å². The highest BCUT2D eigenvalue weighted by molar-refractivity contribution is 5.14. The Hall–Kier alpha value is -0.840. The maximum atomic E-state index is 6.01. The van der Waals surface area contributed by atoms with Gasteiger partial charge in [-0.15, -0.1) is 0 Å². The van der Waals surface area contributed by atoms with Gasteiger partial charge in [0.2, 0.25) is 0 Å². The Kier molecular flexibility index (Phi) is 4.20. The summed E-state index contributed by atoms with van der Waals surface area (Å²) in [4.78, 5) is 2.32. The average molecular weight is 237 g/mol. The Morgan fingerprint density at radius 2 is 2.41 bits per heavy atom. The summed E-state index contributed by atoms with van der Waals surface area (Å²) >= 11 is 0. The van der Waals surface area contributed by atoms with Crippen LogP contribution in [0.3, 0.4) is 0 Å². The molecule has 0 aliphatic carbocycles. The predicted octanol–water partition coefficient (Wildman–Crippen LogP) is 1.23. The standard InChI is InChI=1S/C13H23N3O/c1-3-13(14)11-4-5-16(8-11)10-12-9-15(2)6-7-17-12/h4-5,8,12-13H,3,6-7,9-10,14H2,1-2H3. The van der Waals surface area contributed by atoms with Crippen LogP contribution < -0.4 is 5.73 Å². The van der Waals surface area contributed by atoms with Crippen LogP contribution in [0.4, 0.5) is 0 Å². The fourth-order valence-corrected chi connectivity index (χ4v) is 2.24. The zero-order valence-corrected chi connectivity index (χ0v) is 10.8. The van der Waals surface area contributed by atoms with Gasteiger partial charge in [-0.1, -0.05) is 6.92 Å². The van der Waals surface area contributed by atoms with Crippen molar-refractivity contribution in [2.24, 2.45) is 5.73 Å². The molecule has 2 rings (SSSR count). The van der Waals surface area contributed by atoms with Crippen molar-refractivity contribution in [1.82, 2.24) is 9.47 Å². The van der Waals surface area contributed by atoms with Crippen LogP contribution in [0, 0.1) is 0 Å². The molecule has 2 atom stereocenters. The molecule has 2 N–H and O–H groups in total. The van der Waals surface area contributed by atoms with Gasteiger partial charge in [-0.3, -0.25) is 0 Å². The minimum Gasteiger partial charge on any atom is -0.374 e. The number of nitrogens with two attached hydrogens (primary N) is 1. The number of hydrogen-bond acceptors (Lipinski definition) is 3. The number of morpholine rings is 1. The fraction of sp³-hybridized carbons (Fsp3) is 0.692. The SMILES string of the molecule is CCC(N)c1ccn(CC2CN(C)CCO2)c1. The molecule has 1 aromatic rings. The predicted molar refractivity (Wildman–Crippen MR) is 68.9 cm³/mol. The number of hydrogen-bond donors (Lipinski definition) is 1. The van der Waals surface area contributed by atoms with E-state index in [1.54, 1.807) is 0 Å². The molecular weight excluding hydrogens is 214 g/mol. The van der Waals surface area contributed by atoms with Crippen LogP contribution in [-0.2, 0) is 11.3 Å². The lowest BCUT2D eigenvalue weighted by atomic mass is 10.1. The summed E-state index contributed by atoms with van der Waals surface area (Å²) < 4.78 is 7.94. The summed E-state index contributed by atoms with van der Waals surface area (Å²) in [6.07, 6.45) is 5.52. The lowest BCUT2D eigenvalue weighted by Crippen LogP contribution is -2.41. The van der Waals surface area contributed by atoms with Crippen molar-refractivity contribution in [2.45, 2.75) is 32.0 Å². The molecular formula is C13H23N3O. The molecule has 0 saturated carbocycles. The summed E-state index contributed by atoms with van der Waals surface area (Å²) in [7, 11) is 2.14. The van der Waals surface area contributed by atoms with Crippen LogP contribution in [0.5, 0.6) is 0 Å². The zero-order chi connectivity index (χ0) is 12.3. The second-order valence-corrected chi connectivity index (χ2v) is 4.91. The second kappa shape index (κ2) is 5.67. The van der Waals surface area contributed by atoms with Crippen molar-refractivity contribution in [3.8, 4) is 0 Å². The van der Waals surface area contributed by atoms with Gasteiger partial charge in [-0.2, -0.15) is 0 Å². The molecule has 0 radical (unpaired) electrons. The summed E-state index contributed by atoms with van der Waals surface area (Å²) in [6.45, 7) is 5.91. The zero-order valence-electron chi connectivity index (χ0n) is 10.8. The highest BCUT2D eigenvalue weighted by Crippen LogP contribution is 2.15. The quantitative estimate of drug-likeness (QED) is 0.856. The van der Waals surface area contributed by atoms with Gasteiger partial charge < -0.3 is 19.9 Å². The van der Waals surface area contributed by atoms with Gasteiger partial charge in [0, 0.05) is 38.1 Å². The Labute approximate surface area is 103 Å². The van der Waals surface area contributed by atoms with Crippen LogP contribution >= 0.6 is 0 Å². The Bertz CT molecular complexity index is 350. The topological polar surface area (TPSA) is 43.4 Å². The largest absolute Gasteiger partial charge is 0.374 e. The maximum Gasteiger partial charge on any atom is 0.0880 e. The molecule has 4 nitrogen and oxygen atoms in total. The van der Waals surface area contributed by atoms with Crippen molar-refractivity contribution in [2.75, 3.05) is 26.7 Å². The van der Waals surface area contributed by atoms with Gasteiger partial charge in [0.1, 0.15) is 0 Å². The van der Waals surface area contributed by atoms with E-state index in [1.165, 1.54) is 5.56 Å². The molecule has 96 valence electrons. The van der Waals surface area contributed by atoms with Crippen LogP contribution in [-0.4, -0.2) is 42.3 Å². The number of ether oxygens (including phenoxy) is 1. The van der Waals surface area contributed by atoms with Crippen molar-refractivity contribution < 1.29 is 4.74 Å². The molecule has 4 heteroatoms. The molecule has 1 aliphatic heterocycles. The number of aromatic nitrogens is 1. The number of rotatable bonds is 4. The van der Waals surface area contributed by atoms with Gasteiger partial charge in [-0.05, 0) is 25.1 Å². The molecule has 1 saturated heterocycles. The molecule has 2 unspecified atom stereocenters. The summed E-state index contributed by atoms with van der Waals surface area (Å²) in [6, 6.07) is 2.27. The summed E-state index contributed by atoms with van der Waals surface area (Å²) in [5, 5.41) is 0. The third-order valence-electron chi connectivity index (χ3n) is 3.40. The van der Waals surface area contributed by atoms with Crippen molar-refractivity contribution >= 4 is 0 Å². The van der Waals surface area contributed by atoms with Gasteiger partial charge in [-0.25, -0.2) is 0 Å². The van der Waals surface area contributed by atoms with Gasteiger partial charge in [0.25, 0.3) is 0 Å². The lowest BCUT2D eigenvalue weighted by molar-refractivity contribution is -0.0274. The Morgan fingerprint density at radius 1 is 1.59 bits per heavy atom. The van der Waals surface area contributed by atoms with E-state index in [0.717, 1.165) is 32.7 Å². The minimum absolute atomic E-state index is 0.159.